The summed E-state index contributed by atoms with van der Waals surface area (Å²) in [6.45, 7) is 4.06. The van der Waals surface area contributed by atoms with Gasteiger partial charge in [0.25, 0.3) is 0 Å². The Labute approximate surface area is 153 Å². The number of hydrogen-bond acceptors (Lipinski definition) is 6. The van der Waals surface area contributed by atoms with Crippen LogP contribution in [0.1, 0.15) is 17.7 Å². The van der Waals surface area contributed by atoms with Gasteiger partial charge < -0.3 is 20.1 Å². The maximum Gasteiger partial charge on any atom is 0.229 e. The van der Waals surface area contributed by atoms with Crippen LogP contribution in [0, 0.1) is 41.4 Å². The third kappa shape index (κ3) is 3.37. The van der Waals surface area contributed by atoms with Crippen LogP contribution in [0.25, 0.3) is 0 Å². The molecule has 0 spiro atoms. The van der Waals surface area contributed by atoms with Gasteiger partial charge in [-0.05, 0) is 25.5 Å². The molecule has 0 bridgehead atoms. The number of carbonyl (C=O) groups is 1. The number of nitrogens with zero attached hydrogens (tertiary/aromatic N) is 3. The van der Waals surface area contributed by atoms with Crippen LogP contribution in [-0.2, 0) is 9.53 Å². The van der Waals surface area contributed by atoms with Gasteiger partial charge in [0, 0.05) is 31.3 Å². The molecule has 2 aliphatic heterocycles. The smallest absolute Gasteiger partial charge is 0.229 e. The van der Waals surface area contributed by atoms with Crippen LogP contribution >= 0.6 is 0 Å². The minimum absolute atomic E-state index is 0.0379. The SMILES string of the molecule is Cc1ccc(C#N)c(N2CC3COCCC3(C(=O)NCC#CCO)C2)n1. The number of carbonyl (C=O) groups excluding carboxylic acids is 1. The standard InChI is InChI=1S/C19H22N4O3/c1-14-4-5-15(10-20)17(22-14)23-11-16-12-26-9-6-19(16,13-23)18(25)21-7-2-3-8-24/h4-5,16,24H,6-9,11-13H2,1H3,(H,21,25). The minimum Gasteiger partial charge on any atom is -0.384 e. The lowest BCUT2D eigenvalue weighted by atomic mass is 9.73. The molecule has 0 aromatic carbocycles. The number of nitriles is 1. The lowest BCUT2D eigenvalue weighted by Gasteiger charge is -2.36. The van der Waals surface area contributed by atoms with Gasteiger partial charge in [-0.3, -0.25) is 4.79 Å². The van der Waals surface area contributed by atoms with Crippen LogP contribution in [0.4, 0.5) is 5.82 Å². The van der Waals surface area contributed by atoms with Gasteiger partial charge in [-0.2, -0.15) is 5.26 Å². The van der Waals surface area contributed by atoms with Crippen LogP contribution in [0.3, 0.4) is 0 Å². The van der Waals surface area contributed by atoms with Crippen LogP contribution in [0.15, 0.2) is 12.1 Å². The average Bonchev–Trinajstić information content (AvgIpc) is 3.06. The van der Waals surface area contributed by atoms with Gasteiger partial charge in [-0.1, -0.05) is 11.8 Å². The molecule has 2 fully saturated rings. The summed E-state index contributed by atoms with van der Waals surface area (Å²) in [5, 5.41) is 21.0. The molecular formula is C19H22N4O3. The fourth-order valence-corrected chi connectivity index (χ4v) is 3.77. The third-order valence-corrected chi connectivity index (χ3v) is 5.13. The molecule has 7 nitrogen and oxygen atoms in total. The second-order valence-corrected chi connectivity index (χ2v) is 6.69. The number of aromatic nitrogens is 1. The Kier molecular flexibility index (Phi) is 5.41. The van der Waals surface area contributed by atoms with Crippen molar-refractivity contribution < 1.29 is 14.6 Å². The normalized spacial score (nSPS) is 24.2. The summed E-state index contributed by atoms with van der Waals surface area (Å²) in [6, 6.07) is 5.78. The molecule has 136 valence electrons. The van der Waals surface area contributed by atoms with Crippen LogP contribution in [0.2, 0.25) is 0 Å². The first-order valence-corrected chi connectivity index (χ1v) is 8.66. The lowest BCUT2D eigenvalue weighted by molar-refractivity contribution is -0.138. The van der Waals surface area contributed by atoms with Gasteiger partial charge in [-0.25, -0.2) is 4.98 Å². The van der Waals surface area contributed by atoms with E-state index in [4.69, 9.17) is 9.84 Å². The number of nitrogens with one attached hydrogen (secondary N) is 1. The molecule has 0 radical (unpaired) electrons. The fourth-order valence-electron chi connectivity index (χ4n) is 3.77. The zero-order valence-electron chi connectivity index (χ0n) is 14.8. The van der Waals surface area contributed by atoms with E-state index >= 15 is 0 Å². The number of aliphatic hydroxyl groups is 1. The van der Waals surface area contributed by atoms with Crippen molar-refractivity contribution >= 4 is 11.7 Å². The Morgan fingerprint density at radius 1 is 1.54 bits per heavy atom. The van der Waals surface area contributed by atoms with E-state index in [1.165, 1.54) is 0 Å². The fraction of sp³-hybridized carbons (Fsp3) is 0.526. The molecule has 1 aromatic rings. The minimum atomic E-state index is -0.572. The van der Waals surface area contributed by atoms with Crippen molar-refractivity contribution in [3.05, 3.63) is 23.4 Å². The largest absolute Gasteiger partial charge is 0.384 e. The van der Waals surface area contributed by atoms with E-state index in [-0.39, 0.29) is 25.0 Å². The van der Waals surface area contributed by atoms with Crippen molar-refractivity contribution in [1.82, 2.24) is 10.3 Å². The van der Waals surface area contributed by atoms with Crippen molar-refractivity contribution in [3.8, 4) is 17.9 Å². The summed E-state index contributed by atoms with van der Waals surface area (Å²) < 4.78 is 5.61. The van der Waals surface area contributed by atoms with E-state index in [2.05, 4.69) is 28.2 Å². The third-order valence-electron chi connectivity index (χ3n) is 5.13. The summed E-state index contributed by atoms with van der Waals surface area (Å²) in [7, 11) is 0. The van der Waals surface area contributed by atoms with Crippen molar-refractivity contribution in [2.24, 2.45) is 11.3 Å². The second kappa shape index (κ2) is 7.74. The monoisotopic (exact) mass is 354 g/mol. The molecule has 3 heterocycles. The number of aliphatic hydroxyl groups excluding tert-OH is 1. The first-order chi connectivity index (χ1) is 12.6. The molecule has 1 aromatic heterocycles. The Balaban J connectivity index is 1.85. The number of ether oxygens (including phenoxy) is 1. The number of rotatable bonds is 3. The number of hydrogen-bond donors (Lipinski definition) is 2. The summed E-state index contributed by atoms with van der Waals surface area (Å²) in [5.41, 5.74) is 0.777. The zero-order valence-corrected chi connectivity index (χ0v) is 14.8. The van der Waals surface area contributed by atoms with Gasteiger partial charge >= 0.3 is 0 Å². The Morgan fingerprint density at radius 3 is 3.15 bits per heavy atom. The van der Waals surface area contributed by atoms with Crippen molar-refractivity contribution in [2.45, 2.75) is 13.3 Å². The number of anilines is 1. The summed E-state index contributed by atoms with van der Waals surface area (Å²) in [4.78, 5) is 19.5. The molecular weight excluding hydrogens is 332 g/mol. The average molecular weight is 354 g/mol. The van der Waals surface area contributed by atoms with E-state index < -0.39 is 5.41 Å². The molecule has 0 aliphatic carbocycles. The highest BCUT2D eigenvalue weighted by molar-refractivity contribution is 5.85. The van der Waals surface area contributed by atoms with Crippen molar-refractivity contribution in [3.63, 3.8) is 0 Å². The first-order valence-electron chi connectivity index (χ1n) is 8.66. The number of aryl methyl sites for hydroxylation is 1. The van der Waals surface area contributed by atoms with E-state index in [1.807, 2.05) is 17.9 Å². The highest BCUT2D eigenvalue weighted by Crippen LogP contribution is 2.44. The number of fused-ring (bicyclic) bond motifs is 1. The van der Waals surface area contributed by atoms with Crippen molar-refractivity contribution in [1.29, 1.82) is 5.26 Å². The Morgan fingerprint density at radius 2 is 2.38 bits per heavy atom. The molecule has 2 unspecified atom stereocenters. The maximum atomic E-state index is 13.0. The zero-order chi connectivity index (χ0) is 18.6. The van der Waals surface area contributed by atoms with Crippen LogP contribution in [-0.4, -0.2) is 55.5 Å². The molecule has 2 N–H and O–H groups in total. The van der Waals surface area contributed by atoms with Crippen LogP contribution < -0.4 is 10.2 Å². The molecule has 7 heteroatoms. The Hall–Kier alpha value is -2.61. The van der Waals surface area contributed by atoms with Gasteiger partial charge in [0.05, 0.1) is 24.1 Å². The number of pyridine rings is 1. The predicted octanol–water partition coefficient (Wildman–Crippen LogP) is 0.216. The van der Waals surface area contributed by atoms with E-state index in [0.717, 1.165) is 5.69 Å². The summed E-state index contributed by atoms with van der Waals surface area (Å²) >= 11 is 0. The topological polar surface area (TPSA) is 98.5 Å². The van der Waals surface area contributed by atoms with E-state index in [9.17, 15) is 10.1 Å². The molecule has 26 heavy (non-hydrogen) atoms. The van der Waals surface area contributed by atoms with E-state index in [0.29, 0.717) is 44.1 Å². The summed E-state index contributed by atoms with van der Waals surface area (Å²) in [6.07, 6.45) is 0.626. The molecule has 2 atom stereocenters. The van der Waals surface area contributed by atoms with Crippen molar-refractivity contribution in [2.75, 3.05) is 44.4 Å². The predicted molar refractivity (Wildman–Crippen MR) is 95.1 cm³/mol. The van der Waals surface area contributed by atoms with Gasteiger partial charge in [0.15, 0.2) is 0 Å². The van der Waals surface area contributed by atoms with Gasteiger partial charge in [0.2, 0.25) is 5.91 Å². The van der Waals surface area contributed by atoms with E-state index in [1.54, 1.807) is 6.07 Å². The first kappa shape index (κ1) is 18.2. The lowest BCUT2D eigenvalue weighted by Crippen LogP contribution is -2.50. The molecule has 0 saturated carbocycles. The second-order valence-electron chi connectivity index (χ2n) is 6.69. The molecule has 2 saturated heterocycles. The highest BCUT2D eigenvalue weighted by atomic mass is 16.5. The molecule has 1 amide bonds. The number of amides is 1. The molecule has 3 rings (SSSR count). The summed E-state index contributed by atoms with van der Waals surface area (Å²) in [5.74, 6) is 5.87. The van der Waals surface area contributed by atoms with Gasteiger partial charge in [-0.15, -0.1) is 0 Å². The maximum absolute atomic E-state index is 13.0. The Bertz CT molecular complexity index is 792. The van der Waals surface area contributed by atoms with Gasteiger partial charge in [0.1, 0.15) is 18.5 Å². The quantitative estimate of drug-likeness (QED) is 0.754. The highest BCUT2D eigenvalue weighted by Gasteiger charge is 2.53. The van der Waals surface area contributed by atoms with Crippen LogP contribution in [0.5, 0.6) is 0 Å². The molecule has 2 aliphatic rings.